The van der Waals surface area contributed by atoms with E-state index in [1.165, 1.54) is 0 Å². The molecule has 0 aliphatic carbocycles. The zero-order valence-corrected chi connectivity index (χ0v) is 11.7. The lowest BCUT2D eigenvalue weighted by Crippen LogP contribution is -2.50. The van der Waals surface area contributed by atoms with E-state index in [1.54, 1.807) is 0 Å². The van der Waals surface area contributed by atoms with Crippen LogP contribution in [0.4, 0.5) is 0 Å². The number of nitrogens with zero attached hydrogens (tertiary/aromatic N) is 2. The van der Waals surface area contributed by atoms with E-state index in [1.807, 2.05) is 43.0 Å². The van der Waals surface area contributed by atoms with E-state index >= 15 is 0 Å². The van der Waals surface area contributed by atoms with Gasteiger partial charge in [0.1, 0.15) is 5.69 Å². The standard InChI is InChI=1S/C15H18N2O3/c1-10-9-19-11(2)8-17(10)15(18)7-13-12-5-3-4-6-14(12)20-16-13/h3-6,10-11H,7-9H2,1-2H3/t10-,11-/m1/s1. The molecule has 1 aliphatic rings. The average Bonchev–Trinajstić information content (AvgIpc) is 2.85. The fourth-order valence-electron chi connectivity index (χ4n) is 2.56. The predicted octanol–water partition coefficient (Wildman–Crippen LogP) is 2.01. The summed E-state index contributed by atoms with van der Waals surface area (Å²) in [7, 11) is 0. The van der Waals surface area contributed by atoms with Gasteiger partial charge in [0.2, 0.25) is 5.91 Å². The number of rotatable bonds is 2. The molecular formula is C15H18N2O3. The molecule has 2 atom stereocenters. The summed E-state index contributed by atoms with van der Waals surface area (Å²) in [5, 5.41) is 4.93. The van der Waals surface area contributed by atoms with Gasteiger partial charge in [0.25, 0.3) is 0 Å². The van der Waals surface area contributed by atoms with Gasteiger partial charge in [-0.3, -0.25) is 4.79 Å². The zero-order valence-electron chi connectivity index (χ0n) is 11.7. The Morgan fingerprint density at radius 2 is 2.20 bits per heavy atom. The van der Waals surface area contributed by atoms with Gasteiger partial charge in [-0.2, -0.15) is 0 Å². The molecule has 106 valence electrons. The van der Waals surface area contributed by atoms with Crippen molar-refractivity contribution in [1.29, 1.82) is 0 Å². The second kappa shape index (κ2) is 5.25. The van der Waals surface area contributed by atoms with E-state index in [4.69, 9.17) is 9.26 Å². The Hall–Kier alpha value is -1.88. The molecule has 1 saturated heterocycles. The topological polar surface area (TPSA) is 55.6 Å². The highest BCUT2D eigenvalue weighted by Gasteiger charge is 2.28. The molecule has 0 bridgehead atoms. The third-order valence-electron chi connectivity index (χ3n) is 3.70. The molecule has 2 aromatic rings. The second-order valence-electron chi connectivity index (χ2n) is 5.34. The second-order valence-corrected chi connectivity index (χ2v) is 5.34. The van der Waals surface area contributed by atoms with Crippen LogP contribution in [-0.2, 0) is 16.0 Å². The maximum atomic E-state index is 12.5. The van der Waals surface area contributed by atoms with Crippen molar-refractivity contribution in [3.05, 3.63) is 30.0 Å². The highest BCUT2D eigenvalue weighted by atomic mass is 16.5. The molecule has 1 aromatic heterocycles. The van der Waals surface area contributed by atoms with Crippen molar-refractivity contribution in [3.8, 4) is 0 Å². The van der Waals surface area contributed by atoms with Crippen molar-refractivity contribution in [2.75, 3.05) is 13.2 Å². The molecule has 5 nitrogen and oxygen atoms in total. The molecular weight excluding hydrogens is 256 g/mol. The average molecular weight is 274 g/mol. The minimum absolute atomic E-state index is 0.0757. The Kier molecular flexibility index (Phi) is 3.44. The molecule has 0 N–H and O–H groups in total. The van der Waals surface area contributed by atoms with Crippen molar-refractivity contribution in [1.82, 2.24) is 10.1 Å². The first-order chi connectivity index (χ1) is 9.65. The first kappa shape index (κ1) is 13.1. The maximum Gasteiger partial charge on any atom is 0.229 e. The van der Waals surface area contributed by atoms with Crippen LogP contribution in [0.5, 0.6) is 0 Å². The number of ether oxygens (including phenoxy) is 1. The van der Waals surface area contributed by atoms with E-state index in [0.717, 1.165) is 11.0 Å². The monoisotopic (exact) mass is 274 g/mol. The van der Waals surface area contributed by atoms with Gasteiger partial charge in [-0.1, -0.05) is 17.3 Å². The Morgan fingerprint density at radius 3 is 3.05 bits per heavy atom. The first-order valence-electron chi connectivity index (χ1n) is 6.89. The van der Waals surface area contributed by atoms with Gasteiger partial charge in [-0.15, -0.1) is 0 Å². The molecule has 2 heterocycles. The zero-order chi connectivity index (χ0) is 14.1. The molecule has 1 aliphatic heterocycles. The Balaban J connectivity index is 1.78. The largest absolute Gasteiger partial charge is 0.375 e. The Labute approximate surface area is 117 Å². The lowest BCUT2D eigenvalue weighted by Gasteiger charge is -2.36. The molecule has 0 spiro atoms. The summed E-state index contributed by atoms with van der Waals surface area (Å²) < 4.78 is 10.8. The van der Waals surface area contributed by atoms with Gasteiger partial charge < -0.3 is 14.2 Å². The third-order valence-corrected chi connectivity index (χ3v) is 3.70. The number of benzene rings is 1. The van der Waals surface area contributed by atoms with Crippen LogP contribution in [0.25, 0.3) is 11.0 Å². The normalized spacial score (nSPS) is 23.2. The van der Waals surface area contributed by atoms with Crippen LogP contribution in [0, 0.1) is 0 Å². The maximum absolute atomic E-state index is 12.5. The van der Waals surface area contributed by atoms with Crippen molar-refractivity contribution in [3.63, 3.8) is 0 Å². The SMILES string of the molecule is C[C@@H]1CN(C(=O)Cc2noc3ccccc23)[C@H](C)CO1. The fraction of sp³-hybridized carbons (Fsp3) is 0.467. The van der Waals surface area contributed by atoms with Crippen LogP contribution in [0.1, 0.15) is 19.5 Å². The van der Waals surface area contributed by atoms with Crippen LogP contribution in [0.15, 0.2) is 28.8 Å². The van der Waals surface area contributed by atoms with Gasteiger partial charge >= 0.3 is 0 Å². The summed E-state index contributed by atoms with van der Waals surface area (Å²) in [6.07, 6.45) is 0.359. The highest BCUT2D eigenvalue weighted by molar-refractivity contribution is 5.86. The number of hydrogen-bond acceptors (Lipinski definition) is 4. The Bertz CT molecular complexity index is 622. The molecule has 1 fully saturated rings. The summed E-state index contributed by atoms with van der Waals surface area (Å²) in [4.78, 5) is 14.3. The number of morpholine rings is 1. The van der Waals surface area contributed by atoms with E-state index in [0.29, 0.717) is 18.8 Å². The predicted molar refractivity (Wildman–Crippen MR) is 74.3 cm³/mol. The van der Waals surface area contributed by atoms with Crippen molar-refractivity contribution < 1.29 is 14.1 Å². The number of para-hydroxylation sites is 1. The first-order valence-corrected chi connectivity index (χ1v) is 6.89. The minimum Gasteiger partial charge on any atom is -0.375 e. The Morgan fingerprint density at radius 1 is 1.40 bits per heavy atom. The lowest BCUT2D eigenvalue weighted by molar-refractivity contribution is -0.142. The van der Waals surface area contributed by atoms with Gasteiger partial charge in [0.15, 0.2) is 5.58 Å². The number of carbonyl (C=O) groups excluding carboxylic acids is 1. The van der Waals surface area contributed by atoms with Gasteiger partial charge in [0.05, 0.1) is 25.2 Å². The summed E-state index contributed by atoms with van der Waals surface area (Å²) in [6, 6.07) is 7.71. The molecule has 0 unspecified atom stereocenters. The van der Waals surface area contributed by atoms with Crippen molar-refractivity contribution in [2.24, 2.45) is 0 Å². The number of amides is 1. The van der Waals surface area contributed by atoms with Crippen molar-refractivity contribution in [2.45, 2.75) is 32.4 Å². The van der Waals surface area contributed by atoms with Crippen LogP contribution >= 0.6 is 0 Å². The summed E-state index contributed by atoms with van der Waals surface area (Å²) in [5.41, 5.74) is 1.43. The van der Waals surface area contributed by atoms with E-state index < -0.39 is 0 Å². The molecule has 3 rings (SSSR count). The summed E-state index contributed by atoms with van der Waals surface area (Å²) in [6.45, 7) is 5.21. The minimum atomic E-state index is 0.0757. The van der Waals surface area contributed by atoms with Crippen LogP contribution in [-0.4, -0.2) is 41.3 Å². The van der Waals surface area contributed by atoms with E-state index in [2.05, 4.69) is 5.16 Å². The fourth-order valence-corrected chi connectivity index (χ4v) is 2.56. The molecule has 5 heteroatoms. The van der Waals surface area contributed by atoms with Crippen molar-refractivity contribution >= 4 is 16.9 Å². The van der Waals surface area contributed by atoms with Crippen LogP contribution < -0.4 is 0 Å². The smallest absolute Gasteiger partial charge is 0.229 e. The van der Waals surface area contributed by atoms with Gasteiger partial charge in [0, 0.05) is 11.9 Å². The quantitative estimate of drug-likeness (QED) is 0.840. The molecule has 0 saturated carbocycles. The molecule has 1 amide bonds. The van der Waals surface area contributed by atoms with Gasteiger partial charge in [-0.25, -0.2) is 0 Å². The molecule has 1 aromatic carbocycles. The summed E-state index contributed by atoms with van der Waals surface area (Å²) >= 11 is 0. The molecule has 0 radical (unpaired) electrons. The number of carbonyl (C=O) groups is 1. The number of hydrogen-bond donors (Lipinski definition) is 0. The van der Waals surface area contributed by atoms with Crippen LogP contribution in [0.2, 0.25) is 0 Å². The van der Waals surface area contributed by atoms with Crippen LogP contribution in [0.3, 0.4) is 0 Å². The van der Waals surface area contributed by atoms with E-state index in [9.17, 15) is 4.79 Å². The van der Waals surface area contributed by atoms with Gasteiger partial charge in [-0.05, 0) is 26.0 Å². The lowest BCUT2D eigenvalue weighted by atomic mass is 10.1. The van der Waals surface area contributed by atoms with E-state index in [-0.39, 0.29) is 24.5 Å². The number of fused-ring (bicyclic) bond motifs is 1. The third kappa shape index (κ3) is 2.41. The summed E-state index contributed by atoms with van der Waals surface area (Å²) in [5.74, 6) is 0.0757. The molecule has 20 heavy (non-hydrogen) atoms. The highest BCUT2D eigenvalue weighted by Crippen LogP contribution is 2.20. The number of aromatic nitrogens is 1.